The summed E-state index contributed by atoms with van der Waals surface area (Å²) in [6, 6.07) is 4.49. The molecule has 0 radical (unpaired) electrons. The molecule has 4 N–H and O–H groups in total. The number of rotatable bonds is 8. The Kier molecular flexibility index (Phi) is 5.28. The van der Waals surface area contributed by atoms with Crippen LogP contribution >= 0.6 is 0 Å². The first-order valence-corrected chi connectivity index (χ1v) is 7.49. The molecule has 0 bridgehead atoms. The van der Waals surface area contributed by atoms with Gasteiger partial charge in [-0.3, -0.25) is 14.4 Å². The third-order valence-electron chi connectivity index (χ3n) is 3.97. The van der Waals surface area contributed by atoms with Gasteiger partial charge in [0.25, 0.3) is 11.8 Å². The fraction of sp³-hybridized carbons (Fsp3) is 0.438. The summed E-state index contributed by atoms with van der Waals surface area (Å²) in [6.07, 6.45) is 2.07. The minimum Gasteiger partial charge on any atom is -0.493 e. The maximum absolute atomic E-state index is 12.4. The molecular weight excluding hydrogens is 316 g/mol. The Balaban J connectivity index is 2.11. The van der Waals surface area contributed by atoms with Crippen molar-refractivity contribution in [3.05, 3.63) is 23.8 Å². The molecule has 1 fully saturated rings. The van der Waals surface area contributed by atoms with Gasteiger partial charge in [0.15, 0.2) is 18.1 Å². The summed E-state index contributed by atoms with van der Waals surface area (Å²) in [4.78, 5) is 34.2. The van der Waals surface area contributed by atoms with Crippen LogP contribution in [-0.4, -0.2) is 42.1 Å². The van der Waals surface area contributed by atoms with Gasteiger partial charge in [0.2, 0.25) is 0 Å². The second-order valence-corrected chi connectivity index (χ2v) is 5.78. The lowest BCUT2D eigenvalue weighted by atomic mass is 9.74. The number of nitrogens with two attached hydrogens (primary N) is 1. The highest BCUT2D eigenvalue weighted by Gasteiger charge is 2.40. The lowest BCUT2D eigenvalue weighted by molar-refractivity contribution is -0.139. The number of carbonyl (C=O) groups is 3. The number of amides is 2. The van der Waals surface area contributed by atoms with Crippen LogP contribution in [0, 0.1) is 0 Å². The summed E-state index contributed by atoms with van der Waals surface area (Å²) >= 11 is 0. The highest BCUT2D eigenvalue weighted by atomic mass is 16.5. The van der Waals surface area contributed by atoms with Gasteiger partial charge >= 0.3 is 5.97 Å². The molecule has 1 aromatic carbocycles. The highest BCUT2D eigenvalue weighted by molar-refractivity contribution is 5.95. The number of methoxy groups -OCH3 is 1. The molecule has 8 heteroatoms. The zero-order valence-electron chi connectivity index (χ0n) is 13.3. The molecule has 0 atom stereocenters. The van der Waals surface area contributed by atoms with Crippen molar-refractivity contribution in [3.8, 4) is 11.5 Å². The summed E-state index contributed by atoms with van der Waals surface area (Å²) in [5, 5.41) is 11.8. The molecular formula is C16H20N2O6. The number of nitrogens with one attached hydrogen (secondary N) is 1. The molecule has 2 rings (SSSR count). The van der Waals surface area contributed by atoms with Crippen LogP contribution in [0.5, 0.6) is 11.5 Å². The van der Waals surface area contributed by atoms with Crippen molar-refractivity contribution in [3.63, 3.8) is 0 Å². The summed E-state index contributed by atoms with van der Waals surface area (Å²) in [6.45, 7) is -0.302. The molecule has 0 aliphatic heterocycles. The van der Waals surface area contributed by atoms with Crippen molar-refractivity contribution in [2.24, 2.45) is 5.73 Å². The van der Waals surface area contributed by atoms with Crippen molar-refractivity contribution >= 4 is 17.8 Å². The number of hydrogen-bond donors (Lipinski definition) is 3. The number of carboxylic acids is 1. The summed E-state index contributed by atoms with van der Waals surface area (Å²) in [5.74, 6) is -1.38. The van der Waals surface area contributed by atoms with Crippen LogP contribution < -0.4 is 20.5 Å². The first kappa shape index (κ1) is 17.6. The Labute approximate surface area is 138 Å². The molecule has 0 heterocycles. The van der Waals surface area contributed by atoms with Gasteiger partial charge in [-0.15, -0.1) is 0 Å². The molecule has 0 spiro atoms. The predicted molar refractivity (Wildman–Crippen MR) is 84.0 cm³/mol. The number of aliphatic carboxylic acids is 1. The number of carbonyl (C=O) groups excluding carboxylic acids is 2. The van der Waals surface area contributed by atoms with Crippen LogP contribution in [0.3, 0.4) is 0 Å². The molecule has 1 saturated carbocycles. The van der Waals surface area contributed by atoms with Gasteiger partial charge in [0.1, 0.15) is 0 Å². The van der Waals surface area contributed by atoms with Crippen LogP contribution in [0.1, 0.15) is 36.0 Å². The van der Waals surface area contributed by atoms with E-state index in [1.54, 1.807) is 0 Å². The summed E-state index contributed by atoms with van der Waals surface area (Å²) in [5.41, 5.74) is 4.66. The third kappa shape index (κ3) is 4.15. The van der Waals surface area contributed by atoms with Crippen molar-refractivity contribution in [2.45, 2.75) is 31.2 Å². The predicted octanol–water partition coefficient (Wildman–Crippen LogP) is 0.686. The van der Waals surface area contributed by atoms with Gasteiger partial charge in [-0.1, -0.05) is 0 Å². The van der Waals surface area contributed by atoms with E-state index in [0.29, 0.717) is 18.4 Å². The lowest BCUT2D eigenvalue weighted by Gasteiger charge is -2.41. The second-order valence-electron chi connectivity index (χ2n) is 5.78. The molecule has 0 unspecified atom stereocenters. The molecule has 0 aromatic heterocycles. The molecule has 130 valence electrons. The first-order valence-electron chi connectivity index (χ1n) is 7.49. The van der Waals surface area contributed by atoms with Crippen molar-refractivity contribution in [2.75, 3.05) is 13.7 Å². The molecule has 0 saturated heterocycles. The molecule has 8 nitrogen and oxygen atoms in total. The fourth-order valence-electron chi connectivity index (χ4n) is 2.63. The fourth-order valence-corrected chi connectivity index (χ4v) is 2.63. The Hall–Kier alpha value is -2.77. The van der Waals surface area contributed by atoms with E-state index in [9.17, 15) is 14.4 Å². The van der Waals surface area contributed by atoms with E-state index in [1.807, 2.05) is 0 Å². The Bertz CT molecular complexity index is 654. The molecule has 2 amide bonds. The number of carboxylic acid groups (broad SMARTS) is 1. The van der Waals surface area contributed by atoms with Gasteiger partial charge in [0, 0.05) is 5.56 Å². The average Bonchev–Trinajstić information content (AvgIpc) is 2.49. The largest absolute Gasteiger partial charge is 0.493 e. The molecule has 1 aliphatic rings. The zero-order valence-corrected chi connectivity index (χ0v) is 13.3. The van der Waals surface area contributed by atoms with E-state index >= 15 is 0 Å². The highest BCUT2D eigenvalue weighted by Crippen LogP contribution is 2.35. The van der Waals surface area contributed by atoms with E-state index in [2.05, 4.69) is 5.32 Å². The van der Waals surface area contributed by atoms with Crippen molar-refractivity contribution in [1.82, 2.24) is 5.32 Å². The quantitative estimate of drug-likeness (QED) is 0.640. The first-order chi connectivity index (χ1) is 11.3. The Morgan fingerprint density at radius 1 is 1.29 bits per heavy atom. The molecule has 1 aliphatic carbocycles. The number of primary amides is 1. The number of ether oxygens (including phenoxy) is 2. The molecule has 1 aromatic rings. The van der Waals surface area contributed by atoms with Gasteiger partial charge in [0.05, 0.1) is 19.1 Å². The van der Waals surface area contributed by atoms with Gasteiger partial charge in [-0.2, -0.15) is 0 Å². The Morgan fingerprint density at radius 2 is 2.00 bits per heavy atom. The topological polar surface area (TPSA) is 128 Å². The van der Waals surface area contributed by atoms with E-state index in [0.717, 1.165) is 6.42 Å². The van der Waals surface area contributed by atoms with Crippen LogP contribution in [0.4, 0.5) is 0 Å². The second kappa shape index (κ2) is 7.20. The monoisotopic (exact) mass is 336 g/mol. The number of benzene rings is 1. The van der Waals surface area contributed by atoms with Crippen LogP contribution in [0.2, 0.25) is 0 Å². The molecule has 24 heavy (non-hydrogen) atoms. The van der Waals surface area contributed by atoms with Gasteiger partial charge in [-0.25, -0.2) is 0 Å². The standard InChI is InChI=1S/C16H20N2O6/c1-23-12-7-10(3-4-11(12)24-9-13(17)19)15(22)18-16(5-2-6-16)8-14(20)21/h3-4,7H,2,5-6,8-9H2,1H3,(H2,17,19)(H,18,22)(H,20,21). The van der Waals surface area contributed by atoms with Crippen LogP contribution in [-0.2, 0) is 9.59 Å². The van der Waals surface area contributed by atoms with Crippen LogP contribution in [0.25, 0.3) is 0 Å². The van der Waals surface area contributed by atoms with Crippen LogP contribution in [0.15, 0.2) is 18.2 Å². The Morgan fingerprint density at radius 3 is 2.50 bits per heavy atom. The lowest BCUT2D eigenvalue weighted by Crippen LogP contribution is -2.54. The third-order valence-corrected chi connectivity index (χ3v) is 3.97. The zero-order chi connectivity index (χ0) is 17.7. The van der Waals surface area contributed by atoms with Gasteiger partial charge in [-0.05, 0) is 37.5 Å². The normalized spacial score (nSPS) is 15.0. The van der Waals surface area contributed by atoms with E-state index in [1.165, 1.54) is 25.3 Å². The number of hydrogen-bond acceptors (Lipinski definition) is 5. The smallest absolute Gasteiger partial charge is 0.305 e. The van der Waals surface area contributed by atoms with Crippen molar-refractivity contribution in [1.29, 1.82) is 0 Å². The van der Waals surface area contributed by atoms with E-state index in [-0.39, 0.29) is 30.4 Å². The average molecular weight is 336 g/mol. The van der Waals surface area contributed by atoms with Gasteiger partial charge < -0.3 is 25.6 Å². The minimum atomic E-state index is -0.942. The van der Waals surface area contributed by atoms with E-state index < -0.39 is 17.4 Å². The van der Waals surface area contributed by atoms with Crippen molar-refractivity contribution < 1.29 is 29.0 Å². The maximum Gasteiger partial charge on any atom is 0.305 e. The maximum atomic E-state index is 12.4. The SMILES string of the molecule is COc1cc(C(=O)NC2(CC(=O)O)CCC2)ccc1OCC(N)=O. The van der Waals surface area contributed by atoms with E-state index in [4.69, 9.17) is 20.3 Å². The summed E-state index contributed by atoms with van der Waals surface area (Å²) in [7, 11) is 1.41. The minimum absolute atomic E-state index is 0.102. The summed E-state index contributed by atoms with van der Waals surface area (Å²) < 4.78 is 10.4.